The summed E-state index contributed by atoms with van der Waals surface area (Å²) >= 11 is 1.13. The van der Waals surface area contributed by atoms with Crippen molar-refractivity contribution in [2.24, 2.45) is 11.5 Å². The minimum absolute atomic E-state index is 0.0177. The van der Waals surface area contributed by atoms with Crippen molar-refractivity contribution in [1.29, 1.82) is 0 Å². The third-order valence-electron chi connectivity index (χ3n) is 1.32. The molecule has 70 valence electrons. The van der Waals surface area contributed by atoms with Crippen LogP contribution in [0.4, 0.5) is 0 Å². The third-order valence-corrected chi connectivity index (χ3v) is 2.14. The molecule has 4 N–H and O–H groups in total. The molecule has 4 nitrogen and oxygen atoms in total. The van der Waals surface area contributed by atoms with E-state index in [1.54, 1.807) is 0 Å². The second-order valence-electron chi connectivity index (χ2n) is 2.40. The second-order valence-corrected chi connectivity index (χ2v) is 3.67. The van der Waals surface area contributed by atoms with E-state index in [1.165, 1.54) is 6.92 Å². The number of carbonyl (C=O) groups excluding carboxylic acids is 2. The van der Waals surface area contributed by atoms with E-state index in [9.17, 15) is 9.59 Å². The Bertz CT molecular complexity index is 173. The highest BCUT2D eigenvalue weighted by molar-refractivity contribution is 8.13. The van der Waals surface area contributed by atoms with Gasteiger partial charge in [0.15, 0.2) is 10.9 Å². The van der Waals surface area contributed by atoms with Gasteiger partial charge >= 0.3 is 0 Å². The molecule has 0 saturated carbocycles. The highest BCUT2D eigenvalue weighted by atomic mass is 32.2. The van der Waals surface area contributed by atoms with Gasteiger partial charge in [0.25, 0.3) is 0 Å². The molecule has 1 atom stereocenters. The first-order valence-electron chi connectivity index (χ1n) is 3.69. The van der Waals surface area contributed by atoms with E-state index in [0.717, 1.165) is 11.8 Å². The Balaban J connectivity index is 3.50. The van der Waals surface area contributed by atoms with Crippen LogP contribution in [0.15, 0.2) is 0 Å². The molecule has 0 amide bonds. The maximum atomic E-state index is 11.0. The SMILES string of the molecule is CC(=O)SCCC(=O)C(N)CN. The molecule has 12 heavy (non-hydrogen) atoms. The van der Waals surface area contributed by atoms with Gasteiger partial charge in [0.1, 0.15) is 0 Å². The lowest BCUT2D eigenvalue weighted by Gasteiger charge is -2.05. The molecule has 5 heteroatoms. The van der Waals surface area contributed by atoms with Crippen molar-refractivity contribution >= 4 is 22.7 Å². The van der Waals surface area contributed by atoms with Crippen LogP contribution in [0.2, 0.25) is 0 Å². The van der Waals surface area contributed by atoms with Gasteiger partial charge in [-0.2, -0.15) is 0 Å². The van der Waals surface area contributed by atoms with E-state index in [4.69, 9.17) is 11.5 Å². The number of carbonyl (C=O) groups is 2. The quantitative estimate of drug-likeness (QED) is 0.611. The Kier molecular flexibility index (Phi) is 5.96. The maximum Gasteiger partial charge on any atom is 0.185 e. The molecular formula is C7H14N2O2S. The zero-order valence-corrected chi connectivity index (χ0v) is 7.89. The minimum atomic E-state index is -0.572. The number of hydrogen-bond acceptors (Lipinski definition) is 5. The van der Waals surface area contributed by atoms with Crippen molar-refractivity contribution < 1.29 is 9.59 Å². The van der Waals surface area contributed by atoms with Gasteiger partial charge < -0.3 is 11.5 Å². The fraction of sp³-hybridized carbons (Fsp3) is 0.714. The molecule has 0 bridgehead atoms. The Morgan fingerprint density at radius 2 is 2.08 bits per heavy atom. The van der Waals surface area contributed by atoms with Crippen LogP contribution in [0.5, 0.6) is 0 Å². The molecule has 0 spiro atoms. The van der Waals surface area contributed by atoms with Crippen molar-refractivity contribution in [2.75, 3.05) is 12.3 Å². The van der Waals surface area contributed by atoms with Crippen LogP contribution in [-0.2, 0) is 9.59 Å². The van der Waals surface area contributed by atoms with E-state index >= 15 is 0 Å². The minimum Gasteiger partial charge on any atom is -0.328 e. The summed E-state index contributed by atoms with van der Waals surface area (Å²) in [7, 11) is 0. The zero-order valence-electron chi connectivity index (χ0n) is 7.08. The van der Waals surface area contributed by atoms with Crippen LogP contribution in [0.3, 0.4) is 0 Å². The van der Waals surface area contributed by atoms with E-state index in [-0.39, 0.29) is 17.4 Å². The van der Waals surface area contributed by atoms with E-state index in [1.807, 2.05) is 0 Å². The van der Waals surface area contributed by atoms with Gasteiger partial charge in [0.05, 0.1) is 6.04 Å². The smallest absolute Gasteiger partial charge is 0.185 e. The van der Waals surface area contributed by atoms with Crippen LogP contribution in [0.25, 0.3) is 0 Å². The summed E-state index contributed by atoms with van der Waals surface area (Å²) in [4.78, 5) is 21.5. The Morgan fingerprint density at radius 3 is 2.50 bits per heavy atom. The lowest BCUT2D eigenvalue weighted by molar-refractivity contribution is -0.119. The lowest BCUT2D eigenvalue weighted by Crippen LogP contribution is -2.37. The summed E-state index contributed by atoms with van der Waals surface area (Å²) < 4.78 is 0. The van der Waals surface area contributed by atoms with E-state index < -0.39 is 6.04 Å². The van der Waals surface area contributed by atoms with Crippen LogP contribution in [0, 0.1) is 0 Å². The van der Waals surface area contributed by atoms with Gasteiger partial charge in [0.2, 0.25) is 0 Å². The molecule has 0 fully saturated rings. The molecule has 1 unspecified atom stereocenters. The van der Waals surface area contributed by atoms with Crippen LogP contribution in [0.1, 0.15) is 13.3 Å². The number of rotatable bonds is 5. The summed E-state index contributed by atoms with van der Waals surface area (Å²) in [5.74, 6) is 0.424. The van der Waals surface area contributed by atoms with Gasteiger partial charge in [-0.15, -0.1) is 0 Å². The topological polar surface area (TPSA) is 86.2 Å². The molecule has 0 aliphatic heterocycles. The molecule has 0 aromatic heterocycles. The molecule has 0 aromatic carbocycles. The molecule has 0 aliphatic rings. The molecule has 0 heterocycles. The predicted octanol–water partition coefficient (Wildman–Crippen LogP) is -0.489. The molecule has 0 aliphatic carbocycles. The number of hydrogen-bond donors (Lipinski definition) is 2. The van der Waals surface area contributed by atoms with E-state index in [0.29, 0.717) is 12.2 Å². The Hall–Kier alpha value is -0.390. The van der Waals surface area contributed by atoms with Crippen molar-refractivity contribution in [3.05, 3.63) is 0 Å². The van der Waals surface area contributed by atoms with Gasteiger partial charge in [-0.3, -0.25) is 9.59 Å². The molecule has 0 aromatic rings. The summed E-state index contributed by atoms with van der Waals surface area (Å²) in [6.45, 7) is 1.64. The number of ketones is 1. The van der Waals surface area contributed by atoms with E-state index in [2.05, 4.69) is 0 Å². The molecule has 0 rings (SSSR count). The number of Topliss-reactive ketones (excluding diaryl/α,β-unsaturated/α-hetero) is 1. The molecule has 0 saturated heterocycles. The normalized spacial score (nSPS) is 12.6. The van der Waals surface area contributed by atoms with Crippen LogP contribution < -0.4 is 11.5 Å². The number of nitrogens with two attached hydrogens (primary N) is 2. The first kappa shape index (κ1) is 11.6. The Morgan fingerprint density at radius 1 is 1.50 bits per heavy atom. The highest BCUT2D eigenvalue weighted by Crippen LogP contribution is 2.03. The largest absolute Gasteiger partial charge is 0.328 e. The van der Waals surface area contributed by atoms with Gasteiger partial charge in [0, 0.05) is 25.6 Å². The van der Waals surface area contributed by atoms with Crippen molar-refractivity contribution in [3.8, 4) is 0 Å². The average Bonchev–Trinajstić information content (AvgIpc) is 2.02. The van der Waals surface area contributed by atoms with Crippen molar-refractivity contribution in [3.63, 3.8) is 0 Å². The van der Waals surface area contributed by atoms with Gasteiger partial charge in [-0.25, -0.2) is 0 Å². The fourth-order valence-corrected chi connectivity index (χ4v) is 1.20. The van der Waals surface area contributed by atoms with Crippen LogP contribution >= 0.6 is 11.8 Å². The summed E-state index contributed by atoms with van der Waals surface area (Å²) in [6.07, 6.45) is 0.322. The molecule has 0 radical (unpaired) electrons. The van der Waals surface area contributed by atoms with Gasteiger partial charge in [-0.05, 0) is 0 Å². The Labute approximate surface area is 76.1 Å². The summed E-state index contributed by atoms with van der Waals surface area (Å²) in [5.41, 5.74) is 10.5. The van der Waals surface area contributed by atoms with Crippen LogP contribution in [-0.4, -0.2) is 29.2 Å². The molecular weight excluding hydrogens is 176 g/mol. The van der Waals surface area contributed by atoms with Crippen molar-refractivity contribution in [1.82, 2.24) is 0 Å². The van der Waals surface area contributed by atoms with Gasteiger partial charge in [-0.1, -0.05) is 11.8 Å². The van der Waals surface area contributed by atoms with Crippen molar-refractivity contribution in [2.45, 2.75) is 19.4 Å². The third kappa shape index (κ3) is 5.29. The highest BCUT2D eigenvalue weighted by Gasteiger charge is 2.10. The second kappa shape index (κ2) is 6.16. The fourth-order valence-electron chi connectivity index (χ4n) is 0.612. The average molecular weight is 190 g/mol. The maximum absolute atomic E-state index is 11.0. The first-order valence-corrected chi connectivity index (χ1v) is 4.68. The standard InChI is InChI=1S/C7H14N2O2S/c1-5(10)12-3-2-7(11)6(9)4-8/h6H,2-4,8-9H2,1H3. The first-order chi connectivity index (χ1) is 5.57. The summed E-state index contributed by atoms with van der Waals surface area (Å²) in [5, 5.41) is 0.0177. The lowest BCUT2D eigenvalue weighted by atomic mass is 10.1. The zero-order chi connectivity index (χ0) is 9.56. The number of thioether (sulfide) groups is 1. The monoisotopic (exact) mass is 190 g/mol. The predicted molar refractivity (Wildman–Crippen MR) is 49.8 cm³/mol. The summed E-state index contributed by atoms with van der Waals surface area (Å²) in [6, 6.07) is -0.572.